The average Bonchev–Trinajstić information content (AvgIpc) is 2.65. The van der Waals surface area contributed by atoms with Crippen LogP contribution in [0.5, 0.6) is 0 Å². The summed E-state index contributed by atoms with van der Waals surface area (Å²) < 4.78 is 0. The van der Waals surface area contributed by atoms with E-state index in [-0.39, 0.29) is 5.41 Å². The molecule has 0 bridgehead atoms. The third-order valence-corrected chi connectivity index (χ3v) is 3.75. The number of hydrogen-bond acceptors (Lipinski definition) is 0. The van der Waals surface area contributed by atoms with Crippen molar-refractivity contribution in [3.8, 4) is 0 Å². The van der Waals surface area contributed by atoms with Crippen LogP contribution in [0.3, 0.4) is 0 Å². The second-order valence-corrected chi connectivity index (χ2v) is 5.98. The fourth-order valence-electron chi connectivity index (χ4n) is 2.68. The molecule has 0 saturated heterocycles. The molecule has 0 amide bonds. The highest BCUT2D eigenvalue weighted by Gasteiger charge is 2.22. The van der Waals surface area contributed by atoms with Crippen LogP contribution in [0.4, 0.5) is 0 Å². The highest BCUT2D eigenvalue weighted by atomic mass is 14.7. The molecule has 0 unspecified atom stereocenters. The monoisotopic (exact) mass is 225 g/mol. The number of aryl methyl sites for hydroxylation is 1. The van der Waals surface area contributed by atoms with E-state index >= 15 is 0 Å². The molecule has 1 heteroatoms. The summed E-state index contributed by atoms with van der Waals surface area (Å²) in [7, 11) is 0. The summed E-state index contributed by atoms with van der Waals surface area (Å²) in [6.07, 6.45) is 4.73. The first kappa shape index (κ1) is 10.6. The van der Waals surface area contributed by atoms with Gasteiger partial charge >= 0.3 is 0 Å². The predicted octanol–water partition coefficient (Wildman–Crippen LogP) is 4.54. The van der Waals surface area contributed by atoms with E-state index in [1.807, 2.05) is 0 Å². The van der Waals surface area contributed by atoms with E-state index in [9.17, 15) is 0 Å². The Hall–Kier alpha value is -1.50. The van der Waals surface area contributed by atoms with Gasteiger partial charge in [0.2, 0.25) is 0 Å². The molecule has 1 heterocycles. The van der Waals surface area contributed by atoms with Gasteiger partial charge in [-0.15, -0.1) is 0 Å². The number of rotatable bonds is 0. The fraction of sp³-hybridized carbons (Fsp3) is 0.375. The summed E-state index contributed by atoms with van der Waals surface area (Å²) in [6.45, 7) is 6.91. The van der Waals surface area contributed by atoms with Gasteiger partial charge in [0, 0.05) is 22.2 Å². The van der Waals surface area contributed by atoms with Crippen molar-refractivity contribution in [1.82, 2.24) is 4.98 Å². The summed E-state index contributed by atoms with van der Waals surface area (Å²) >= 11 is 0. The lowest BCUT2D eigenvalue weighted by Crippen LogP contribution is -2.13. The minimum Gasteiger partial charge on any atom is -0.358 e. The molecule has 88 valence electrons. The van der Waals surface area contributed by atoms with Gasteiger partial charge in [-0.25, -0.2) is 0 Å². The molecule has 3 rings (SSSR count). The van der Waals surface area contributed by atoms with Crippen LogP contribution in [0.15, 0.2) is 29.8 Å². The molecule has 0 fully saturated rings. The van der Waals surface area contributed by atoms with Crippen LogP contribution >= 0.6 is 0 Å². The van der Waals surface area contributed by atoms with Crippen LogP contribution in [-0.2, 0) is 6.42 Å². The van der Waals surface area contributed by atoms with E-state index in [0.29, 0.717) is 0 Å². The minimum absolute atomic E-state index is 0.288. The Kier molecular flexibility index (Phi) is 2.19. The molecule has 0 saturated carbocycles. The number of allylic oxidation sites excluding steroid dienone is 1. The van der Waals surface area contributed by atoms with Crippen molar-refractivity contribution in [3.63, 3.8) is 0 Å². The van der Waals surface area contributed by atoms with Crippen LogP contribution in [0.1, 0.15) is 38.4 Å². The maximum absolute atomic E-state index is 3.54. The van der Waals surface area contributed by atoms with E-state index in [1.165, 1.54) is 28.6 Å². The number of benzene rings is 1. The van der Waals surface area contributed by atoms with Crippen molar-refractivity contribution >= 4 is 17.0 Å². The van der Waals surface area contributed by atoms with Gasteiger partial charge in [0.25, 0.3) is 0 Å². The summed E-state index contributed by atoms with van der Waals surface area (Å²) in [5.74, 6) is 0. The smallest absolute Gasteiger partial charge is 0.0462 e. The normalized spacial score (nSPS) is 15.8. The Balaban J connectivity index is 2.21. The first-order valence-electron chi connectivity index (χ1n) is 6.36. The van der Waals surface area contributed by atoms with Crippen LogP contribution in [0.2, 0.25) is 0 Å². The summed E-state index contributed by atoms with van der Waals surface area (Å²) in [6, 6.07) is 8.60. The van der Waals surface area contributed by atoms with Crippen molar-refractivity contribution in [2.24, 2.45) is 5.41 Å². The summed E-state index contributed by atoms with van der Waals surface area (Å²) in [4.78, 5) is 3.54. The highest BCUT2D eigenvalue weighted by molar-refractivity contribution is 5.91. The van der Waals surface area contributed by atoms with Crippen LogP contribution in [0, 0.1) is 5.41 Å². The van der Waals surface area contributed by atoms with Crippen LogP contribution in [0.25, 0.3) is 17.0 Å². The Bertz CT molecular complexity index is 594. The minimum atomic E-state index is 0.288. The lowest BCUT2D eigenvalue weighted by molar-refractivity contribution is 0.483. The predicted molar refractivity (Wildman–Crippen MR) is 74.1 cm³/mol. The van der Waals surface area contributed by atoms with Gasteiger partial charge in [-0.1, -0.05) is 50.6 Å². The summed E-state index contributed by atoms with van der Waals surface area (Å²) in [5.41, 5.74) is 5.94. The SMILES string of the molecule is CC(C)(C)C1=Cc2c([nH]c3ccccc23)CC1. The standard InChI is InChI=1S/C16H19N/c1-16(2,3)11-8-9-15-13(10-11)12-6-4-5-7-14(12)17-15/h4-7,10,17H,8-9H2,1-3H3. The molecule has 1 aromatic heterocycles. The van der Waals surface area contributed by atoms with Crippen molar-refractivity contribution in [1.29, 1.82) is 0 Å². The molecule has 0 atom stereocenters. The third kappa shape index (κ3) is 1.70. The number of fused-ring (bicyclic) bond motifs is 3. The van der Waals surface area contributed by atoms with Gasteiger partial charge in [0.05, 0.1) is 0 Å². The molecule has 1 N–H and O–H groups in total. The second kappa shape index (κ2) is 3.49. The van der Waals surface area contributed by atoms with E-state index in [1.54, 1.807) is 5.57 Å². The molecular weight excluding hydrogens is 206 g/mol. The first-order valence-corrected chi connectivity index (χ1v) is 6.36. The number of nitrogens with one attached hydrogen (secondary N) is 1. The van der Waals surface area contributed by atoms with Crippen LogP contribution in [-0.4, -0.2) is 4.98 Å². The highest BCUT2D eigenvalue weighted by Crippen LogP contribution is 2.37. The molecule has 1 aliphatic carbocycles. The first-order chi connectivity index (χ1) is 8.05. The molecular formula is C16H19N. The lowest BCUT2D eigenvalue weighted by atomic mass is 9.79. The van der Waals surface area contributed by atoms with Crippen molar-refractivity contribution in [3.05, 3.63) is 41.1 Å². The quantitative estimate of drug-likeness (QED) is 0.677. The van der Waals surface area contributed by atoms with E-state index in [2.05, 4.69) is 56.1 Å². The lowest BCUT2D eigenvalue weighted by Gasteiger charge is -2.26. The molecule has 1 aliphatic rings. The Labute approximate surface area is 103 Å². The number of H-pyrrole nitrogens is 1. The Morgan fingerprint density at radius 1 is 1.06 bits per heavy atom. The summed E-state index contributed by atoms with van der Waals surface area (Å²) in [5, 5.41) is 1.36. The largest absolute Gasteiger partial charge is 0.358 e. The van der Waals surface area contributed by atoms with Gasteiger partial charge in [0.15, 0.2) is 0 Å². The molecule has 1 nitrogen and oxygen atoms in total. The van der Waals surface area contributed by atoms with Gasteiger partial charge in [0.1, 0.15) is 0 Å². The number of aromatic amines is 1. The maximum Gasteiger partial charge on any atom is 0.0462 e. The van der Waals surface area contributed by atoms with Gasteiger partial charge in [-0.2, -0.15) is 0 Å². The van der Waals surface area contributed by atoms with E-state index in [4.69, 9.17) is 0 Å². The maximum atomic E-state index is 3.54. The van der Waals surface area contributed by atoms with E-state index in [0.717, 1.165) is 6.42 Å². The zero-order valence-electron chi connectivity index (χ0n) is 10.8. The van der Waals surface area contributed by atoms with Gasteiger partial charge in [-0.3, -0.25) is 0 Å². The molecule has 0 aliphatic heterocycles. The third-order valence-electron chi connectivity index (χ3n) is 3.75. The molecule has 0 spiro atoms. The Morgan fingerprint density at radius 3 is 2.59 bits per heavy atom. The number of aromatic nitrogens is 1. The fourth-order valence-corrected chi connectivity index (χ4v) is 2.68. The average molecular weight is 225 g/mol. The van der Waals surface area contributed by atoms with Crippen LogP contribution < -0.4 is 0 Å². The second-order valence-electron chi connectivity index (χ2n) is 5.98. The van der Waals surface area contributed by atoms with Gasteiger partial charge in [-0.05, 0) is 24.3 Å². The van der Waals surface area contributed by atoms with Crippen molar-refractivity contribution < 1.29 is 0 Å². The van der Waals surface area contributed by atoms with E-state index < -0.39 is 0 Å². The zero-order chi connectivity index (χ0) is 12.0. The Morgan fingerprint density at radius 2 is 1.82 bits per heavy atom. The van der Waals surface area contributed by atoms with Gasteiger partial charge < -0.3 is 4.98 Å². The number of para-hydroxylation sites is 1. The topological polar surface area (TPSA) is 15.8 Å². The molecule has 2 aromatic rings. The zero-order valence-corrected chi connectivity index (χ0v) is 10.8. The number of hydrogen-bond donors (Lipinski definition) is 1. The molecule has 17 heavy (non-hydrogen) atoms. The van der Waals surface area contributed by atoms with Crippen molar-refractivity contribution in [2.45, 2.75) is 33.6 Å². The van der Waals surface area contributed by atoms with Crippen molar-refractivity contribution in [2.75, 3.05) is 0 Å². The molecule has 0 radical (unpaired) electrons. The molecule has 1 aromatic carbocycles.